The van der Waals surface area contributed by atoms with Gasteiger partial charge in [-0.1, -0.05) is 40.2 Å². The van der Waals surface area contributed by atoms with E-state index in [0.717, 1.165) is 0 Å². The van der Waals surface area contributed by atoms with Crippen molar-refractivity contribution < 1.29 is 33.5 Å². The Labute approximate surface area is 275 Å². The molecular formula is C33H49N7O7. The van der Waals surface area contributed by atoms with Gasteiger partial charge in [-0.2, -0.15) is 0 Å². The van der Waals surface area contributed by atoms with Crippen molar-refractivity contribution >= 4 is 29.4 Å². The molecule has 2 aromatic heterocycles. The molecule has 14 heteroatoms. The number of aliphatic hydroxyl groups excluding tert-OH is 1. The number of hydrogen-bond donors (Lipinski definition) is 4. The summed E-state index contributed by atoms with van der Waals surface area (Å²) < 4.78 is 5.56. The Morgan fingerprint density at radius 1 is 1.00 bits per heavy atom. The lowest BCUT2D eigenvalue weighted by molar-refractivity contribution is -0.142. The number of rotatable bonds is 17. The molecule has 0 radical (unpaired) electrons. The third-order valence-corrected chi connectivity index (χ3v) is 8.21. The van der Waals surface area contributed by atoms with Crippen LogP contribution >= 0.6 is 0 Å². The van der Waals surface area contributed by atoms with Gasteiger partial charge in [0.05, 0.1) is 18.1 Å². The molecule has 1 aliphatic heterocycles. The van der Waals surface area contributed by atoms with Crippen LogP contribution in [0.25, 0.3) is 0 Å². The monoisotopic (exact) mass is 655 g/mol. The van der Waals surface area contributed by atoms with Crippen LogP contribution in [-0.4, -0.2) is 92.4 Å². The SMILES string of the molecule is CC(C)[C@H](NC(=O)[C@H]1CCCN1C(=O)[C@@H](NC(=O)CCCCCNC(=O)c1ccccn1)C(C)C)C(=O)c1nnc(C(C)(C)CO)o1. The van der Waals surface area contributed by atoms with Crippen LogP contribution in [0.15, 0.2) is 28.8 Å². The van der Waals surface area contributed by atoms with Gasteiger partial charge in [-0.3, -0.25) is 29.0 Å². The molecule has 1 saturated heterocycles. The van der Waals surface area contributed by atoms with Gasteiger partial charge in [0.25, 0.3) is 11.8 Å². The van der Waals surface area contributed by atoms with E-state index in [1.54, 1.807) is 52.1 Å². The third-order valence-electron chi connectivity index (χ3n) is 8.21. The van der Waals surface area contributed by atoms with Crippen LogP contribution in [0.4, 0.5) is 0 Å². The van der Waals surface area contributed by atoms with Crippen LogP contribution in [0.3, 0.4) is 0 Å². The molecule has 3 rings (SSSR count). The van der Waals surface area contributed by atoms with Gasteiger partial charge in [0.2, 0.25) is 29.4 Å². The highest BCUT2D eigenvalue weighted by molar-refractivity contribution is 6.00. The van der Waals surface area contributed by atoms with Gasteiger partial charge in [-0.25, -0.2) is 0 Å². The molecule has 3 heterocycles. The summed E-state index contributed by atoms with van der Waals surface area (Å²) in [6.07, 6.45) is 4.79. The number of likely N-dealkylation sites (tertiary alicyclic amines) is 1. The first-order chi connectivity index (χ1) is 22.3. The molecule has 2 aromatic rings. The van der Waals surface area contributed by atoms with Gasteiger partial charge in [0, 0.05) is 25.7 Å². The average Bonchev–Trinajstić information content (AvgIpc) is 3.75. The minimum absolute atomic E-state index is 0.108. The highest BCUT2D eigenvalue weighted by Crippen LogP contribution is 2.24. The van der Waals surface area contributed by atoms with Crippen LogP contribution in [0, 0.1) is 11.8 Å². The number of ketones is 1. The van der Waals surface area contributed by atoms with Crippen LogP contribution in [0.1, 0.15) is 107 Å². The van der Waals surface area contributed by atoms with Crippen molar-refractivity contribution in [3.63, 3.8) is 0 Å². The lowest BCUT2D eigenvalue weighted by atomic mass is 9.95. The molecule has 0 bridgehead atoms. The molecule has 1 aliphatic rings. The zero-order valence-electron chi connectivity index (χ0n) is 28.2. The van der Waals surface area contributed by atoms with Gasteiger partial charge < -0.3 is 30.4 Å². The number of aliphatic hydroxyl groups is 1. The number of amides is 4. The maximum atomic E-state index is 13.7. The maximum Gasteiger partial charge on any atom is 0.286 e. The van der Waals surface area contributed by atoms with Crippen molar-refractivity contribution in [2.75, 3.05) is 19.7 Å². The second kappa shape index (κ2) is 17.1. The predicted molar refractivity (Wildman–Crippen MR) is 172 cm³/mol. The summed E-state index contributed by atoms with van der Waals surface area (Å²) in [6, 6.07) is 2.53. The lowest BCUT2D eigenvalue weighted by Gasteiger charge is -2.31. The van der Waals surface area contributed by atoms with Crippen molar-refractivity contribution in [3.8, 4) is 0 Å². The Bertz CT molecular complexity index is 1380. The summed E-state index contributed by atoms with van der Waals surface area (Å²) in [4.78, 5) is 70.9. The van der Waals surface area contributed by atoms with Crippen LogP contribution < -0.4 is 16.0 Å². The highest BCUT2D eigenvalue weighted by Gasteiger charge is 2.41. The van der Waals surface area contributed by atoms with E-state index in [1.165, 1.54) is 4.90 Å². The Morgan fingerprint density at radius 2 is 1.72 bits per heavy atom. The number of pyridine rings is 1. The van der Waals surface area contributed by atoms with Crippen LogP contribution in [-0.2, 0) is 19.8 Å². The first kappa shape index (κ1) is 37.3. The maximum absolute atomic E-state index is 13.7. The Balaban J connectivity index is 1.53. The molecular weight excluding hydrogens is 606 g/mol. The summed E-state index contributed by atoms with van der Waals surface area (Å²) in [6.45, 7) is 11.2. The smallest absolute Gasteiger partial charge is 0.286 e. The first-order valence-electron chi connectivity index (χ1n) is 16.3. The fourth-order valence-electron chi connectivity index (χ4n) is 5.20. The molecule has 3 atom stereocenters. The van der Waals surface area contributed by atoms with E-state index in [2.05, 4.69) is 31.1 Å². The number of hydrogen-bond acceptors (Lipinski definition) is 10. The molecule has 14 nitrogen and oxygen atoms in total. The second-order valence-corrected chi connectivity index (χ2v) is 13.3. The summed E-state index contributed by atoms with van der Waals surface area (Å²) in [5, 5.41) is 25.8. The zero-order chi connectivity index (χ0) is 34.7. The van der Waals surface area contributed by atoms with E-state index in [-0.39, 0.29) is 54.4 Å². The molecule has 0 spiro atoms. The number of carbonyl (C=O) groups is 5. The second-order valence-electron chi connectivity index (χ2n) is 13.3. The summed E-state index contributed by atoms with van der Waals surface area (Å²) >= 11 is 0. The molecule has 258 valence electrons. The summed E-state index contributed by atoms with van der Waals surface area (Å²) in [5.41, 5.74) is -0.488. The molecule has 0 saturated carbocycles. The van der Waals surface area contributed by atoms with E-state index in [4.69, 9.17) is 4.42 Å². The number of aromatic nitrogens is 3. The Kier molecular flexibility index (Phi) is 13.6. The fraction of sp³-hybridized carbons (Fsp3) is 0.636. The molecule has 47 heavy (non-hydrogen) atoms. The zero-order valence-corrected chi connectivity index (χ0v) is 28.2. The van der Waals surface area contributed by atoms with Crippen molar-refractivity contribution in [1.82, 2.24) is 36.0 Å². The molecule has 0 aliphatic carbocycles. The van der Waals surface area contributed by atoms with Crippen LogP contribution in [0.5, 0.6) is 0 Å². The topological polar surface area (TPSA) is 197 Å². The standard InChI is InChI=1S/C33H49N7O7/c1-20(2)25(27(43)30-38-39-32(47-30)33(5,6)19-41)37-29(45)23-14-12-18-40(23)31(46)26(21(3)4)36-24(42)15-8-7-10-17-35-28(44)22-13-9-11-16-34-22/h9,11,13,16,20-21,23,25-26,41H,7-8,10,12,14-15,17-19H2,1-6H3,(H,35,44)(H,36,42)(H,37,45)/t23-,25+,26+/m1/s1. The van der Waals surface area contributed by atoms with Gasteiger partial charge in [0.15, 0.2) is 0 Å². The number of carbonyl (C=O) groups excluding carboxylic acids is 5. The number of nitrogens with one attached hydrogen (secondary N) is 3. The normalized spacial score (nSPS) is 16.2. The van der Waals surface area contributed by atoms with Crippen molar-refractivity contribution in [3.05, 3.63) is 41.9 Å². The van der Waals surface area contributed by atoms with Gasteiger partial charge in [-0.05, 0) is 63.5 Å². The molecule has 1 fully saturated rings. The van der Waals surface area contributed by atoms with Gasteiger partial charge in [0.1, 0.15) is 17.8 Å². The number of Topliss-reactive ketones (excluding diaryl/α,β-unsaturated/α-hetero) is 1. The number of nitrogens with zero attached hydrogens (tertiary/aromatic N) is 4. The van der Waals surface area contributed by atoms with Gasteiger partial charge >= 0.3 is 0 Å². The Morgan fingerprint density at radius 3 is 2.36 bits per heavy atom. The Hall–Kier alpha value is -4.20. The van der Waals surface area contributed by atoms with E-state index in [9.17, 15) is 29.1 Å². The number of unbranched alkanes of at least 4 members (excludes halogenated alkanes) is 2. The molecule has 4 N–H and O–H groups in total. The molecule has 0 aromatic carbocycles. The molecule has 0 unspecified atom stereocenters. The average molecular weight is 656 g/mol. The van der Waals surface area contributed by atoms with Gasteiger partial charge in [-0.15, -0.1) is 10.2 Å². The largest absolute Gasteiger partial charge is 0.418 e. The van der Waals surface area contributed by atoms with Crippen molar-refractivity contribution in [2.24, 2.45) is 11.8 Å². The minimum Gasteiger partial charge on any atom is -0.418 e. The highest BCUT2D eigenvalue weighted by atomic mass is 16.4. The fourth-order valence-corrected chi connectivity index (χ4v) is 5.20. The van der Waals surface area contributed by atoms with E-state index in [1.807, 2.05) is 13.8 Å². The summed E-state index contributed by atoms with van der Waals surface area (Å²) in [7, 11) is 0. The molecule has 4 amide bonds. The minimum atomic E-state index is -0.977. The van der Waals surface area contributed by atoms with Crippen molar-refractivity contribution in [2.45, 2.75) is 104 Å². The summed E-state index contributed by atoms with van der Waals surface area (Å²) in [5.74, 6) is -2.58. The predicted octanol–water partition coefficient (Wildman–Crippen LogP) is 2.18. The first-order valence-corrected chi connectivity index (χ1v) is 16.3. The van der Waals surface area contributed by atoms with E-state index < -0.39 is 35.2 Å². The van der Waals surface area contributed by atoms with Crippen molar-refractivity contribution in [1.29, 1.82) is 0 Å². The van der Waals surface area contributed by atoms with E-state index >= 15 is 0 Å². The lowest BCUT2D eigenvalue weighted by Crippen LogP contribution is -2.57. The van der Waals surface area contributed by atoms with Crippen LogP contribution in [0.2, 0.25) is 0 Å². The quantitative estimate of drug-likeness (QED) is 0.145. The third kappa shape index (κ3) is 10.1. The van der Waals surface area contributed by atoms with E-state index in [0.29, 0.717) is 50.9 Å².